The molecule has 1 N–H and O–H groups in total. The third-order valence-electron chi connectivity index (χ3n) is 3.76. The molecule has 3 heteroatoms. The zero-order valence-electron chi connectivity index (χ0n) is 11.1. The number of hydrogen-bond acceptors (Lipinski definition) is 2. The Morgan fingerprint density at radius 2 is 2.22 bits per heavy atom. The predicted octanol–water partition coefficient (Wildman–Crippen LogP) is 3.25. The minimum absolute atomic E-state index is 0.137. The number of para-hydroxylation sites is 1. The summed E-state index contributed by atoms with van der Waals surface area (Å²) in [7, 11) is 0. The summed E-state index contributed by atoms with van der Waals surface area (Å²) in [4.78, 5) is 13.3. The van der Waals surface area contributed by atoms with E-state index in [-0.39, 0.29) is 12.3 Å². The molecule has 18 heavy (non-hydrogen) atoms. The number of benzene rings is 1. The number of rotatable bonds is 5. The molecule has 0 saturated carbocycles. The monoisotopic (exact) mass is 247 g/mol. The van der Waals surface area contributed by atoms with Crippen molar-refractivity contribution in [1.29, 1.82) is 0 Å². The Balaban J connectivity index is 2.24. The molecule has 1 aromatic carbocycles. The van der Waals surface area contributed by atoms with Crippen LogP contribution >= 0.6 is 0 Å². The van der Waals surface area contributed by atoms with E-state index in [1.54, 1.807) is 0 Å². The average Bonchev–Trinajstić information content (AvgIpc) is 2.68. The molecule has 0 saturated heterocycles. The molecule has 0 aromatic heterocycles. The Morgan fingerprint density at radius 3 is 2.89 bits per heavy atom. The van der Waals surface area contributed by atoms with Gasteiger partial charge in [-0.3, -0.25) is 4.79 Å². The average molecular weight is 247 g/mol. The first-order chi connectivity index (χ1) is 8.63. The van der Waals surface area contributed by atoms with Crippen LogP contribution in [-0.4, -0.2) is 23.7 Å². The van der Waals surface area contributed by atoms with Crippen molar-refractivity contribution < 1.29 is 9.90 Å². The molecule has 2 atom stereocenters. The van der Waals surface area contributed by atoms with Crippen molar-refractivity contribution in [3.63, 3.8) is 0 Å². The van der Waals surface area contributed by atoms with Crippen LogP contribution in [0.1, 0.15) is 44.6 Å². The standard InChI is InChI=1S/C15H21NO2/c1-3-6-11(2)16-10-12(9-15(17)18)13-7-4-5-8-14(13)16/h4-5,7-8,11-12H,3,6,9-10H2,1-2H3,(H,17,18). The van der Waals surface area contributed by atoms with Crippen molar-refractivity contribution in [1.82, 2.24) is 0 Å². The lowest BCUT2D eigenvalue weighted by molar-refractivity contribution is -0.137. The third kappa shape index (κ3) is 2.50. The topological polar surface area (TPSA) is 40.5 Å². The SMILES string of the molecule is CCCC(C)N1CC(CC(=O)O)c2ccccc21. The van der Waals surface area contributed by atoms with Gasteiger partial charge in [0.15, 0.2) is 0 Å². The van der Waals surface area contributed by atoms with Gasteiger partial charge in [-0.2, -0.15) is 0 Å². The molecule has 0 radical (unpaired) electrons. The maximum Gasteiger partial charge on any atom is 0.304 e. The fourth-order valence-electron chi connectivity index (χ4n) is 2.90. The number of anilines is 1. The summed E-state index contributed by atoms with van der Waals surface area (Å²) in [5.74, 6) is -0.571. The van der Waals surface area contributed by atoms with Crippen molar-refractivity contribution in [3.05, 3.63) is 29.8 Å². The van der Waals surface area contributed by atoms with Crippen molar-refractivity contribution >= 4 is 11.7 Å². The fourth-order valence-corrected chi connectivity index (χ4v) is 2.90. The summed E-state index contributed by atoms with van der Waals surface area (Å²) < 4.78 is 0. The largest absolute Gasteiger partial charge is 0.481 e. The van der Waals surface area contributed by atoms with Gasteiger partial charge in [-0.15, -0.1) is 0 Å². The van der Waals surface area contributed by atoms with E-state index in [2.05, 4.69) is 30.9 Å². The van der Waals surface area contributed by atoms with E-state index < -0.39 is 5.97 Å². The van der Waals surface area contributed by atoms with Gasteiger partial charge in [0.1, 0.15) is 0 Å². The smallest absolute Gasteiger partial charge is 0.304 e. The van der Waals surface area contributed by atoms with Crippen LogP contribution in [0.5, 0.6) is 0 Å². The normalized spacial score (nSPS) is 19.7. The fraction of sp³-hybridized carbons (Fsp3) is 0.533. The molecule has 1 heterocycles. The van der Waals surface area contributed by atoms with Gasteiger partial charge in [-0.25, -0.2) is 0 Å². The highest BCUT2D eigenvalue weighted by Crippen LogP contribution is 2.39. The number of carboxylic acid groups (broad SMARTS) is 1. The molecular formula is C15H21NO2. The van der Waals surface area contributed by atoms with Gasteiger partial charge >= 0.3 is 5.97 Å². The highest BCUT2D eigenvalue weighted by atomic mass is 16.4. The Hall–Kier alpha value is -1.51. The van der Waals surface area contributed by atoms with Gasteiger partial charge in [0.2, 0.25) is 0 Å². The van der Waals surface area contributed by atoms with Crippen LogP contribution in [0.2, 0.25) is 0 Å². The summed E-state index contributed by atoms with van der Waals surface area (Å²) in [6.45, 7) is 5.25. The van der Waals surface area contributed by atoms with Crippen LogP contribution in [0.3, 0.4) is 0 Å². The summed E-state index contributed by atoms with van der Waals surface area (Å²) in [6.07, 6.45) is 2.53. The molecule has 0 amide bonds. The zero-order chi connectivity index (χ0) is 13.1. The van der Waals surface area contributed by atoms with Crippen molar-refractivity contribution in [2.24, 2.45) is 0 Å². The Morgan fingerprint density at radius 1 is 1.50 bits per heavy atom. The molecule has 0 spiro atoms. The van der Waals surface area contributed by atoms with Crippen LogP contribution in [0, 0.1) is 0 Å². The number of carboxylic acids is 1. The first-order valence-corrected chi connectivity index (χ1v) is 6.70. The van der Waals surface area contributed by atoms with Gasteiger partial charge in [0.25, 0.3) is 0 Å². The van der Waals surface area contributed by atoms with Crippen molar-refractivity contribution in [2.45, 2.75) is 45.1 Å². The Labute approximate surface area is 108 Å². The molecule has 0 bridgehead atoms. The number of hydrogen-bond donors (Lipinski definition) is 1. The maximum absolute atomic E-state index is 10.9. The Bertz CT molecular complexity index is 430. The highest BCUT2D eigenvalue weighted by Gasteiger charge is 2.31. The van der Waals surface area contributed by atoms with E-state index in [4.69, 9.17) is 5.11 Å². The molecule has 1 aliphatic heterocycles. The first kappa shape index (κ1) is 12.9. The second kappa shape index (κ2) is 5.42. The van der Waals surface area contributed by atoms with Gasteiger partial charge in [-0.05, 0) is 25.0 Å². The quantitative estimate of drug-likeness (QED) is 0.868. The molecule has 0 fully saturated rings. The molecular weight excluding hydrogens is 226 g/mol. The minimum atomic E-state index is -0.709. The van der Waals surface area contributed by atoms with Crippen molar-refractivity contribution in [3.8, 4) is 0 Å². The van der Waals surface area contributed by atoms with Crippen LogP contribution in [-0.2, 0) is 4.79 Å². The third-order valence-corrected chi connectivity index (χ3v) is 3.76. The van der Waals surface area contributed by atoms with E-state index >= 15 is 0 Å². The number of aliphatic carboxylic acids is 1. The predicted molar refractivity (Wildman–Crippen MR) is 73.2 cm³/mol. The van der Waals surface area contributed by atoms with Crippen LogP contribution < -0.4 is 4.90 Å². The molecule has 1 aliphatic rings. The van der Waals surface area contributed by atoms with E-state index in [0.29, 0.717) is 6.04 Å². The van der Waals surface area contributed by atoms with Crippen LogP contribution in [0.15, 0.2) is 24.3 Å². The first-order valence-electron chi connectivity index (χ1n) is 6.70. The lowest BCUT2D eigenvalue weighted by Gasteiger charge is -2.27. The Kier molecular flexibility index (Phi) is 3.90. The lowest BCUT2D eigenvalue weighted by atomic mass is 9.98. The number of fused-ring (bicyclic) bond motifs is 1. The molecule has 1 aromatic rings. The van der Waals surface area contributed by atoms with Gasteiger partial charge in [0, 0.05) is 24.2 Å². The minimum Gasteiger partial charge on any atom is -0.481 e. The van der Waals surface area contributed by atoms with Gasteiger partial charge in [-0.1, -0.05) is 31.5 Å². The maximum atomic E-state index is 10.9. The van der Waals surface area contributed by atoms with E-state index in [1.807, 2.05) is 12.1 Å². The molecule has 2 rings (SSSR count). The lowest BCUT2D eigenvalue weighted by Crippen LogP contribution is -2.32. The highest BCUT2D eigenvalue weighted by molar-refractivity contribution is 5.71. The molecule has 3 nitrogen and oxygen atoms in total. The van der Waals surface area contributed by atoms with Crippen LogP contribution in [0.25, 0.3) is 0 Å². The summed E-state index contributed by atoms with van der Waals surface area (Å²) in [5.41, 5.74) is 2.42. The van der Waals surface area contributed by atoms with Gasteiger partial charge in [0.05, 0.1) is 6.42 Å². The summed E-state index contributed by atoms with van der Waals surface area (Å²) in [5, 5.41) is 9.01. The number of carbonyl (C=O) groups is 1. The number of nitrogens with zero attached hydrogens (tertiary/aromatic N) is 1. The molecule has 98 valence electrons. The summed E-state index contributed by atoms with van der Waals surface area (Å²) in [6, 6.07) is 8.70. The van der Waals surface area contributed by atoms with Crippen molar-refractivity contribution in [2.75, 3.05) is 11.4 Å². The zero-order valence-corrected chi connectivity index (χ0v) is 11.1. The van der Waals surface area contributed by atoms with Crippen LogP contribution in [0.4, 0.5) is 5.69 Å². The molecule has 0 aliphatic carbocycles. The van der Waals surface area contributed by atoms with E-state index in [0.717, 1.165) is 19.4 Å². The van der Waals surface area contributed by atoms with Gasteiger partial charge < -0.3 is 10.0 Å². The second-order valence-corrected chi connectivity index (χ2v) is 5.14. The van der Waals surface area contributed by atoms with E-state index in [9.17, 15) is 4.79 Å². The summed E-state index contributed by atoms with van der Waals surface area (Å²) >= 11 is 0. The van der Waals surface area contributed by atoms with E-state index in [1.165, 1.54) is 11.3 Å². The second-order valence-electron chi connectivity index (χ2n) is 5.14. The molecule has 2 unspecified atom stereocenters.